The van der Waals surface area contributed by atoms with Crippen LogP contribution in [0.4, 0.5) is 20.3 Å². The molecule has 3 heterocycles. The molecule has 4 rings (SSSR count). The van der Waals surface area contributed by atoms with Crippen LogP contribution in [0.3, 0.4) is 0 Å². The number of benzene rings is 1. The third-order valence-electron chi connectivity index (χ3n) is 5.22. The molecule has 1 aliphatic rings. The summed E-state index contributed by atoms with van der Waals surface area (Å²) in [7, 11) is 0. The number of hydrogen-bond acceptors (Lipinski definition) is 5. The minimum Gasteiger partial charge on any atom is -0.349 e. The molecular weight excluding hydrogens is 400 g/mol. The predicted molar refractivity (Wildman–Crippen MR) is 116 cm³/mol. The molecule has 6 nitrogen and oxygen atoms in total. The lowest BCUT2D eigenvalue weighted by Gasteiger charge is -2.22. The topological polar surface area (TPSA) is 71.0 Å². The van der Waals surface area contributed by atoms with Crippen LogP contribution in [-0.4, -0.2) is 39.9 Å². The Hall–Kier alpha value is -3.42. The summed E-state index contributed by atoms with van der Waals surface area (Å²) in [5.74, 6) is -2.67. The van der Waals surface area contributed by atoms with Crippen LogP contribution < -0.4 is 10.2 Å². The molecule has 0 spiro atoms. The van der Waals surface area contributed by atoms with Gasteiger partial charge in [-0.15, -0.1) is 0 Å². The monoisotopic (exact) mass is 423 g/mol. The van der Waals surface area contributed by atoms with E-state index >= 15 is 0 Å². The fourth-order valence-electron chi connectivity index (χ4n) is 3.53. The van der Waals surface area contributed by atoms with E-state index in [0.29, 0.717) is 16.9 Å². The highest BCUT2D eigenvalue weighted by atomic mass is 19.3. The van der Waals surface area contributed by atoms with Crippen molar-refractivity contribution in [2.45, 2.75) is 32.1 Å². The maximum atomic E-state index is 13.9. The average molecular weight is 423 g/mol. The maximum absolute atomic E-state index is 13.9. The summed E-state index contributed by atoms with van der Waals surface area (Å²) >= 11 is 0. The molecule has 1 saturated heterocycles. The van der Waals surface area contributed by atoms with Gasteiger partial charge in [0.25, 0.3) is 11.8 Å². The van der Waals surface area contributed by atoms with Gasteiger partial charge in [-0.05, 0) is 18.1 Å². The Bertz CT molecular complexity index is 1070. The van der Waals surface area contributed by atoms with Gasteiger partial charge in [-0.1, -0.05) is 44.2 Å². The van der Waals surface area contributed by atoms with Crippen molar-refractivity contribution in [3.05, 3.63) is 66.2 Å². The van der Waals surface area contributed by atoms with Crippen molar-refractivity contribution in [2.75, 3.05) is 23.3 Å². The van der Waals surface area contributed by atoms with Crippen molar-refractivity contribution in [3.63, 3.8) is 0 Å². The Morgan fingerprint density at radius 2 is 1.87 bits per heavy atom. The highest BCUT2D eigenvalue weighted by Crippen LogP contribution is 2.37. The molecule has 0 radical (unpaired) electrons. The normalized spacial score (nSPS) is 15.3. The van der Waals surface area contributed by atoms with Crippen molar-refractivity contribution in [3.8, 4) is 11.3 Å². The molecule has 31 heavy (non-hydrogen) atoms. The minimum absolute atomic E-state index is 0.145. The summed E-state index contributed by atoms with van der Waals surface area (Å²) in [5, 5.41) is 2.86. The Balaban J connectivity index is 1.72. The van der Waals surface area contributed by atoms with Gasteiger partial charge >= 0.3 is 0 Å². The first-order chi connectivity index (χ1) is 14.8. The van der Waals surface area contributed by atoms with E-state index in [0.717, 1.165) is 11.3 Å². The fraction of sp³-hybridized carbons (Fsp3) is 0.304. The molecule has 1 aromatic carbocycles. The number of halogens is 2. The first-order valence-electron chi connectivity index (χ1n) is 10.1. The van der Waals surface area contributed by atoms with Crippen molar-refractivity contribution < 1.29 is 13.6 Å². The van der Waals surface area contributed by atoms with Gasteiger partial charge in [-0.3, -0.25) is 9.78 Å². The van der Waals surface area contributed by atoms with E-state index in [2.05, 4.69) is 20.3 Å². The highest BCUT2D eigenvalue weighted by molar-refractivity contribution is 6.07. The zero-order valence-corrected chi connectivity index (χ0v) is 17.3. The fourth-order valence-corrected chi connectivity index (χ4v) is 3.53. The van der Waals surface area contributed by atoms with Gasteiger partial charge < -0.3 is 10.2 Å². The smallest absolute Gasteiger partial charge is 0.266 e. The average Bonchev–Trinajstić information content (AvgIpc) is 3.14. The van der Waals surface area contributed by atoms with Gasteiger partial charge in [0.1, 0.15) is 12.0 Å². The van der Waals surface area contributed by atoms with E-state index in [1.54, 1.807) is 12.1 Å². The molecule has 0 unspecified atom stereocenters. The molecule has 0 bridgehead atoms. The molecule has 8 heteroatoms. The number of nitrogens with one attached hydrogen (secondary N) is 1. The summed E-state index contributed by atoms with van der Waals surface area (Å²) < 4.78 is 27.8. The van der Waals surface area contributed by atoms with Gasteiger partial charge in [0.15, 0.2) is 5.82 Å². The van der Waals surface area contributed by atoms with Crippen LogP contribution in [0.15, 0.2) is 55.0 Å². The number of alkyl halides is 2. The number of hydrogen-bond donors (Lipinski definition) is 1. The first kappa shape index (κ1) is 20.8. The second-order valence-electron chi connectivity index (χ2n) is 7.89. The highest BCUT2D eigenvalue weighted by Gasteiger charge is 2.40. The molecule has 0 saturated carbocycles. The zero-order chi connectivity index (χ0) is 22.0. The van der Waals surface area contributed by atoms with E-state index in [4.69, 9.17) is 0 Å². The standard InChI is InChI=1S/C23H23F2N5O/c1-15(2)18-9-8-17(12-26-18)22(31)29-20-19(16-6-4-3-5-7-16)27-14-28-21(20)30-11-10-23(24,25)13-30/h3-9,12,14-15H,10-11,13H2,1-2H3,(H,29,31). The molecule has 0 aliphatic carbocycles. The number of carbonyl (C=O) groups excluding carboxylic acids is 1. The Labute approximate surface area is 179 Å². The largest absolute Gasteiger partial charge is 0.349 e. The number of amides is 1. The lowest BCUT2D eigenvalue weighted by molar-refractivity contribution is 0.0257. The van der Waals surface area contributed by atoms with Crippen LogP contribution in [0.5, 0.6) is 0 Å². The van der Waals surface area contributed by atoms with Crippen LogP contribution in [0.2, 0.25) is 0 Å². The lowest BCUT2D eigenvalue weighted by atomic mass is 10.1. The van der Waals surface area contributed by atoms with Crippen LogP contribution in [-0.2, 0) is 0 Å². The third kappa shape index (κ3) is 4.52. The van der Waals surface area contributed by atoms with Gasteiger partial charge in [0.05, 0.1) is 17.8 Å². The second-order valence-corrected chi connectivity index (χ2v) is 7.89. The van der Waals surface area contributed by atoms with E-state index in [1.807, 2.05) is 44.2 Å². The summed E-state index contributed by atoms with van der Waals surface area (Å²) in [4.78, 5) is 27.4. The molecule has 1 amide bonds. The molecule has 1 fully saturated rings. The van der Waals surface area contributed by atoms with Crippen molar-refractivity contribution >= 4 is 17.4 Å². The quantitative estimate of drug-likeness (QED) is 0.641. The molecule has 2 aromatic heterocycles. The maximum Gasteiger partial charge on any atom is 0.266 e. The van der Waals surface area contributed by atoms with E-state index in [1.165, 1.54) is 17.4 Å². The van der Waals surface area contributed by atoms with E-state index < -0.39 is 18.4 Å². The first-order valence-corrected chi connectivity index (χ1v) is 10.1. The molecule has 0 atom stereocenters. The summed E-state index contributed by atoms with van der Waals surface area (Å²) in [6.45, 7) is 3.73. The Kier molecular flexibility index (Phi) is 5.63. The zero-order valence-electron chi connectivity index (χ0n) is 17.3. The number of carbonyl (C=O) groups is 1. The number of nitrogens with zero attached hydrogens (tertiary/aromatic N) is 4. The van der Waals surface area contributed by atoms with Gasteiger partial charge in [0, 0.05) is 30.4 Å². The Morgan fingerprint density at radius 1 is 1.10 bits per heavy atom. The summed E-state index contributed by atoms with van der Waals surface area (Å²) in [6.07, 6.45) is 2.59. The Morgan fingerprint density at radius 3 is 2.48 bits per heavy atom. The lowest BCUT2D eigenvalue weighted by Crippen LogP contribution is -2.27. The summed E-state index contributed by atoms with van der Waals surface area (Å²) in [5.41, 5.74) is 2.78. The number of aromatic nitrogens is 3. The number of rotatable bonds is 5. The number of anilines is 2. The van der Waals surface area contributed by atoms with Gasteiger partial charge in [0.2, 0.25) is 0 Å². The van der Waals surface area contributed by atoms with Crippen LogP contribution >= 0.6 is 0 Å². The van der Waals surface area contributed by atoms with E-state index in [-0.39, 0.29) is 24.7 Å². The van der Waals surface area contributed by atoms with Gasteiger partial charge in [-0.25, -0.2) is 18.7 Å². The van der Waals surface area contributed by atoms with Crippen LogP contribution in [0.25, 0.3) is 11.3 Å². The van der Waals surface area contributed by atoms with E-state index in [9.17, 15) is 13.6 Å². The second kappa shape index (κ2) is 8.37. The SMILES string of the molecule is CC(C)c1ccc(C(=O)Nc2c(-c3ccccc3)ncnc2N2CCC(F)(F)C2)cn1. The van der Waals surface area contributed by atoms with Crippen molar-refractivity contribution in [1.29, 1.82) is 0 Å². The molecule has 3 aromatic rings. The number of pyridine rings is 1. The van der Waals surface area contributed by atoms with Crippen molar-refractivity contribution in [1.82, 2.24) is 15.0 Å². The summed E-state index contributed by atoms with van der Waals surface area (Å²) in [6, 6.07) is 12.8. The van der Waals surface area contributed by atoms with Crippen LogP contribution in [0, 0.1) is 0 Å². The molecule has 160 valence electrons. The molecular formula is C23H23F2N5O. The molecule has 1 N–H and O–H groups in total. The van der Waals surface area contributed by atoms with Crippen LogP contribution in [0.1, 0.15) is 42.2 Å². The third-order valence-corrected chi connectivity index (χ3v) is 5.22. The van der Waals surface area contributed by atoms with Gasteiger partial charge in [-0.2, -0.15) is 0 Å². The van der Waals surface area contributed by atoms with Crippen molar-refractivity contribution in [2.24, 2.45) is 0 Å². The predicted octanol–water partition coefficient (Wildman–Crippen LogP) is 4.76. The minimum atomic E-state index is -2.80. The molecule has 1 aliphatic heterocycles.